The van der Waals surface area contributed by atoms with Crippen molar-refractivity contribution < 1.29 is 22.0 Å². The van der Waals surface area contributed by atoms with Crippen molar-refractivity contribution in [3.63, 3.8) is 0 Å². The maximum atomic E-state index is 13.3. The van der Waals surface area contributed by atoms with E-state index >= 15 is 0 Å². The number of hydrogen-bond acceptors (Lipinski definition) is 4. The summed E-state index contributed by atoms with van der Waals surface area (Å²) in [7, 11) is -3.22. The largest absolute Gasteiger partial charge is 0.396 e. The quantitative estimate of drug-likeness (QED) is 0.776. The van der Waals surface area contributed by atoms with Gasteiger partial charge in [-0.25, -0.2) is 17.2 Å². The summed E-state index contributed by atoms with van der Waals surface area (Å²) in [6, 6.07) is 1.36. The van der Waals surface area contributed by atoms with Gasteiger partial charge in [-0.15, -0.1) is 0 Å². The Kier molecular flexibility index (Phi) is 4.23. The summed E-state index contributed by atoms with van der Waals surface area (Å²) < 4.78 is 47.8. The molecule has 0 aliphatic carbocycles. The molecule has 0 heterocycles. The standard InChI is InChI=1S/C10H12F2N2O3S/c1-18(16,17)3-2-14-10(15)6-4-9(13)8(12)5-7(6)11/h4-5H,2-3,13H2,1H3,(H,14,15). The third kappa shape index (κ3) is 3.95. The molecule has 0 unspecified atom stereocenters. The average Bonchev–Trinajstić information content (AvgIpc) is 2.21. The first-order valence-corrected chi connectivity index (χ1v) is 6.97. The summed E-state index contributed by atoms with van der Waals surface area (Å²) in [6.07, 6.45) is 1.01. The fraction of sp³-hybridized carbons (Fsp3) is 0.300. The van der Waals surface area contributed by atoms with Gasteiger partial charge in [-0.2, -0.15) is 0 Å². The molecule has 0 fully saturated rings. The van der Waals surface area contributed by atoms with Gasteiger partial charge in [-0.1, -0.05) is 0 Å². The van der Waals surface area contributed by atoms with Crippen molar-refractivity contribution in [1.82, 2.24) is 5.32 Å². The lowest BCUT2D eigenvalue weighted by atomic mass is 10.1. The van der Waals surface area contributed by atoms with Gasteiger partial charge in [0.2, 0.25) is 0 Å². The predicted octanol–water partition coefficient (Wildman–Crippen LogP) is 0.321. The van der Waals surface area contributed by atoms with E-state index in [4.69, 9.17) is 5.73 Å². The molecule has 0 bridgehead atoms. The highest BCUT2D eigenvalue weighted by Gasteiger charge is 2.15. The van der Waals surface area contributed by atoms with Crippen molar-refractivity contribution >= 4 is 21.4 Å². The Balaban J connectivity index is 2.76. The van der Waals surface area contributed by atoms with Crippen molar-refractivity contribution in [2.45, 2.75) is 0 Å². The summed E-state index contributed by atoms with van der Waals surface area (Å²) in [5.74, 6) is -3.13. The van der Waals surface area contributed by atoms with Crippen LogP contribution in [0.2, 0.25) is 0 Å². The van der Waals surface area contributed by atoms with Gasteiger partial charge in [0.05, 0.1) is 17.0 Å². The van der Waals surface area contributed by atoms with Gasteiger partial charge in [0.1, 0.15) is 21.5 Å². The Bertz CT molecular complexity index is 573. The summed E-state index contributed by atoms with van der Waals surface area (Å²) in [5, 5.41) is 2.21. The minimum Gasteiger partial charge on any atom is -0.396 e. The van der Waals surface area contributed by atoms with Gasteiger partial charge in [-0.05, 0) is 6.07 Å². The van der Waals surface area contributed by atoms with E-state index in [9.17, 15) is 22.0 Å². The molecule has 100 valence electrons. The number of rotatable bonds is 4. The second-order valence-corrected chi connectivity index (χ2v) is 6.00. The van der Waals surface area contributed by atoms with E-state index < -0.39 is 32.9 Å². The zero-order valence-corrected chi connectivity index (χ0v) is 10.4. The number of carbonyl (C=O) groups excluding carboxylic acids is 1. The highest BCUT2D eigenvalue weighted by atomic mass is 32.2. The van der Waals surface area contributed by atoms with E-state index in [0.717, 1.165) is 12.3 Å². The molecule has 1 rings (SSSR count). The molecule has 1 aromatic rings. The van der Waals surface area contributed by atoms with Gasteiger partial charge < -0.3 is 11.1 Å². The Morgan fingerprint density at radius 3 is 2.50 bits per heavy atom. The topological polar surface area (TPSA) is 89.3 Å². The number of halogens is 2. The maximum Gasteiger partial charge on any atom is 0.254 e. The van der Waals surface area contributed by atoms with E-state index in [1.807, 2.05) is 0 Å². The number of anilines is 1. The molecule has 0 atom stereocenters. The van der Waals surface area contributed by atoms with E-state index in [1.165, 1.54) is 0 Å². The van der Waals surface area contributed by atoms with Crippen LogP contribution in [0.25, 0.3) is 0 Å². The van der Waals surface area contributed by atoms with E-state index in [1.54, 1.807) is 0 Å². The lowest BCUT2D eigenvalue weighted by molar-refractivity contribution is 0.0952. The van der Waals surface area contributed by atoms with Crippen LogP contribution in [-0.2, 0) is 9.84 Å². The van der Waals surface area contributed by atoms with Crippen LogP contribution in [0, 0.1) is 11.6 Å². The highest BCUT2D eigenvalue weighted by molar-refractivity contribution is 7.90. The molecule has 0 aromatic heterocycles. The number of hydrogen-bond donors (Lipinski definition) is 2. The number of nitrogens with two attached hydrogens (primary N) is 1. The second kappa shape index (κ2) is 5.30. The molecule has 18 heavy (non-hydrogen) atoms. The average molecular weight is 278 g/mol. The van der Waals surface area contributed by atoms with Gasteiger partial charge in [-0.3, -0.25) is 4.79 Å². The molecule has 0 saturated carbocycles. The first-order valence-electron chi connectivity index (χ1n) is 4.91. The van der Waals surface area contributed by atoms with E-state index in [0.29, 0.717) is 6.07 Å². The summed E-state index contributed by atoms with van der Waals surface area (Å²) in [5.41, 5.74) is 4.42. The minimum atomic E-state index is -3.22. The lowest BCUT2D eigenvalue weighted by Crippen LogP contribution is -2.29. The molecule has 0 saturated heterocycles. The SMILES string of the molecule is CS(=O)(=O)CCNC(=O)c1cc(N)c(F)cc1F. The molecular weight excluding hydrogens is 266 g/mol. The zero-order chi connectivity index (χ0) is 13.9. The van der Waals surface area contributed by atoms with Gasteiger partial charge in [0.15, 0.2) is 0 Å². The summed E-state index contributed by atoms with van der Waals surface area (Å²) >= 11 is 0. The Labute approximate surface area is 103 Å². The third-order valence-corrected chi connectivity index (χ3v) is 3.04. The third-order valence-electron chi connectivity index (χ3n) is 2.09. The number of carbonyl (C=O) groups is 1. The summed E-state index contributed by atoms with van der Waals surface area (Å²) in [4.78, 5) is 11.5. The van der Waals surface area contributed by atoms with Crippen molar-refractivity contribution in [3.05, 3.63) is 29.3 Å². The number of nitrogens with one attached hydrogen (secondary N) is 1. The molecule has 1 aromatic carbocycles. The molecule has 1 amide bonds. The Hall–Kier alpha value is -1.70. The van der Waals surface area contributed by atoms with Crippen molar-refractivity contribution in [1.29, 1.82) is 0 Å². The highest BCUT2D eigenvalue weighted by Crippen LogP contribution is 2.16. The number of benzene rings is 1. The normalized spacial score (nSPS) is 11.3. The molecule has 0 radical (unpaired) electrons. The van der Waals surface area contributed by atoms with Crippen LogP contribution in [0.1, 0.15) is 10.4 Å². The monoisotopic (exact) mass is 278 g/mol. The van der Waals surface area contributed by atoms with Crippen LogP contribution < -0.4 is 11.1 Å². The predicted molar refractivity (Wildman–Crippen MR) is 62.8 cm³/mol. The molecule has 0 aliphatic rings. The first kappa shape index (κ1) is 14.4. The number of sulfone groups is 1. The molecule has 0 spiro atoms. The first-order chi connectivity index (χ1) is 8.20. The minimum absolute atomic E-state index is 0.158. The van der Waals surface area contributed by atoms with Gasteiger partial charge >= 0.3 is 0 Å². The lowest BCUT2D eigenvalue weighted by Gasteiger charge is -2.06. The Morgan fingerprint density at radius 2 is 1.94 bits per heavy atom. The Morgan fingerprint density at radius 1 is 1.33 bits per heavy atom. The number of amides is 1. The number of nitrogen functional groups attached to an aromatic ring is 1. The van der Waals surface area contributed by atoms with Crippen LogP contribution in [0.5, 0.6) is 0 Å². The van der Waals surface area contributed by atoms with Crippen LogP contribution in [0.3, 0.4) is 0 Å². The van der Waals surface area contributed by atoms with Crippen molar-refractivity contribution in [2.75, 3.05) is 24.3 Å². The second-order valence-electron chi connectivity index (χ2n) is 3.74. The molecule has 0 aliphatic heterocycles. The van der Waals surface area contributed by atoms with E-state index in [-0.39, 0.29) is 18.0 Å². The molecular formula is C10H12F2N2O3S. The fourth-order valence-corrected chi connectivity index (χ4v) is 1.66. The van der Waals surface area contributed by atoms with Gasteiger partial charge in [0.25, 0.3) is 5.91 Å². The molecule has 8 heteroatoms. The molecule has 3 N–H and O–H groups in total. The van der Waals surface area contributed by atoms with Crippen LogP contribution in [0.15, 0.2) is 12.1 Å². The summed E-state index contributed by atoms with van der Waals surface area (Å²) in [6.45, 7) is -0.158. The van der Waals surface area contributed by atoms with Gasteiger partial charge in [0, 0.05) is 18.9 Å². The maximum absolute atomic E-state index is 13.3. The van der Waals surface area contributed by atoms with Crippen LogP contribution >= 0.6 is 0 Å². The van der Waals surface area contributed by atoms with Crippen LogP contribution in [-0.4, -0.2) is 32.9 Å². The van der Waals surface area contributed by atoms with Crippen molar-refractivity contribution in [2.24, 2.45) is 0 Å². The fourth-order valence-electron chi connectivity index (χ4n) is 1.18. The van der Waals surface area contributed by atoms with Crippen LogP contribution in [0.4, 0.5) is 14.5 Å². The molecule has 5 nitrogen and oxygen atoms in total. The van der Waals surface area contributed by atoms with Crippen molar-refractivity contribution in [3.8, 4) is 0 Å². The smallest absolute Gasteiger partial charge is 0.254 e. The van der Waals surface area contributed by atoms with E-state index in [2.05, 4.69) is 5.32 Å². The zero-order valence-electron chi connectivity index (χ0n) is 9.54.